The molecule has 3 heterocycles. The lowest BCUT2D eigenvalue weighted by molar-refractivity contribution is 0.200. The minimum absolute atomic E-state index is 0.0470. The zero-order chi connectivity index (χ0) is 25.0. The number of piperazine rings is 1. The first-order chi connectivity index (χ1) is 18.3. The van der Waals surface area contributed by atoms with Crippen molar-refractivity contribution in [1.29, 1.82) is 0 Å². The van der Waals surface area contributed by atoms with Gasteiger partial charge in [0.2, 0.25) is 0 Å². The van der Waals surface area contributed by atoms with Gasteiger partial charge in [0.25, 0.3) is 0 Å². The van der Waals surface area contributed by atoms with Gasteiger partial charge in [-0.15, -0.1) is 5.10 Å². The summed E-state index contributed by atoms with van der Waals surface area (Å²) in [5.41, 5.74) is 3.50. The lowest BCUT2D eigenvalue weighted by Gasteiger charge is -2.38. The van der Waals surface area contributed by atoms with Gasteiger partial charge >= 0.3 is 0 Å². The van der Waals surface area contributed by atoms with Crippen molar-refractivity contribution in [2.75, 3.05) is 38.2 Å². The molecule has 0 aliphatic carbocycles. The maximum absolute atomic E-state index is 5.41. The Morgan fingerprint density at radius 3 is 2.41 bits per heavy atom. The van der Waals surface area contributed by atoms with E-state index in [1.54, 1.807) is 18.4 Å². The predicted octanol–water partition coefficient (Wildman–Crippen LogP) is 4.45. The molecule has 0 amide bonds. The van der Waals surface area contributed by atoms with E-state index >= 15 is 0 Å². The highest BCUT2D eigenvalue weighted by Gasteiger charge is 2.31. The third-order valence-electron chi connectivity index (χ3n) is 6.92. The lowest BCUT2D eigenvalue weighted by Crippen LogP contribution is -2.48. The molecule has 1 aliphatic heterocycles. The van der Waals surface area contributed by atoms with Crippen LogP contribution in [0.15, 0.2) is 78.9 Å². The van der Waals surface area contributed by atoms with E-state index < -0.39 is 0 Å². The Balaban J connectivity index is 1.24. The fourth-order valence-corrected chi connectivity index (χ4v) is 5.94. The Hall–Kier alpha value is -3.82. The lowest BCUT2D eigenvalue weighted by atomic mass is 10.0. The molecule has 0 N–H and O–H groups in total. The van der Waals surface area contributed by atoms with Crippen LogP contribution in [0.2, 0.25) is 0 Å². The van der Waals surface area contributed by atoms with E-state index in [4.69, 9.17) is 9.72 Å². The van der Waals surface area contributed by atoms with E-state index in [1.165, 1.54) is 10.3 Å². The number of hydrogen-bond donors (Lipinski definition) is 0. The number of fused-ring (bicyclic) bond motifs is 1. The molecule has 3 aromatic carbocycles. The van der Waals surface area contributed by atoms with E-state index in [2.05, 4.69) is 79.9 Å². The highest BCUT2D eigenvalue weighted by atomic mass is 32.1. The van der Waals surface area contributed by atoms with Gasteiger partial charge in [-0.3, -0.25) is 4.90 Å². The highest BCUT2D eigenvalue weighted by molar-refractivity contribution is 7.22. The smallest absolute Gasteiger partial charge is 0.186 e. The number of hydrogen-bond acceptors (Lipinski definition) is 8. The van der Waals surface area contributed by atoms with Crippen LogP contribution in [-0.4, -0.2) is 63.4 Å². The van der Waals surface area contributed by atoms with E-state index in [9.17, 15) is 0 Å². The first-order valence-corrected chi connectivity index (χ1v) is 13.4. The van der Waals surface area contributed by atoms with Gasteiger partial charge in [0.1, 0.15) is 5.75 Å². The van der Waals surface area contributed by atoms with Crippen LogP contribution < -0.4 is 9.64 Å². The average molecular weight is 512 g/mol. The molecule has 6 rings (SSSR count). The zero-order valence-electron chi connectivity index (χ0n) is 20.8. The number of nitrogens with zero attached hydrogens (tertiary/aromatic N) is 7. The highest BCUT2D eigenvalue weighted by Crippen LogP contribution is 2.33. The number of ether oxygens (including phenoxy) is 1. The van der Waals surface area contributed by atoms with Crippen LogP contribution in [-0.2, 0) is 13.0 Å². The molecule has 188 valence electrons. The van der Waals surface area contributed by atoms with Crippen molar-refractivity contribution >= 4 is 26.7 Å². The molecule has 9 heteroatoms. The van der Waals surface area contributed by atoms with Crippen molar-refractivity contribution in [1.82, 2.24) is 30.1 Å². The average Bonchev–Trinajstić information content (AvgIpc) is 3.61. The standard InChI is InChI=1S/C28H29N7OS/c1-36-23-13-11-22(12-14-23)26(27-30-31-32-35(27)16-15-21-7-3-2-4-8-21)33-17-19-34(20-18-33)28-29-24-9-5-6-10-25(24)37-28/h2-14,26H,15-20H2,1H3/t26-/m1/s1. The quantitative estimate of drug-likeness (QED) is 0.305. The second-order valence-corrected chi connectivity index (χ2v) is 10.2. The third-order valence-corrected chi connectivity index (χ3v) is 8.02. The summed E-state index contributed by atoms with van der Waals surface area (Å²) in [6.45, 7) is 4.30. The number of thiazole rings is 1. The molecule has 0 radical (unpaired) electrons. The second kappa shape index (κ2) is 10.7. The summed E-state index contributed by atoms with van der Waals surface area (Å²) >= 11 is 1.76. The molecule has 1 aliphatic rings. The summed E-state index contributed by atoms with van der Waals surface area (Å²) in [5.74, 6) is 1.71. The molecular weight excluding hydrogens is 482 g/mol. The largest absolute Gasteiger partial charge is 0.497 e. The van der Waals surface area contributed by atoms with E-state index in [0.717, 1.165) is 66.9 Å². The second-order valence-electron chi connectivity index (χ2n) is 9.16. The minimum atomic E-state index is -0.0470. The van der Waals surface area contributed by atoms with Crippen molar-refractivity contribution < 1.29 is 4.74 Å². The van der Waals surface area contributed by atoms with Crippen molar-refractivity contribution in [2.45, 2.75) is 19.0 Å². The Kier molecular flexibility index (Phi) is 6.79. The van der Waals surface area contributed by atoms with Crippen molar-refractivity contribution in [2.24, 2.45) is 0 Å². The Morgan fingerprint density at radius 1 is 0.892 bits per heavy atom. The zero-order valence-corrected chi connectivity index (χ0v) is 21.6. The van der Waals surface area contributed by atoms with E-state index in [1.807, 2.05) is 28.9 Å². The Morgan fingerprint density at radius 2 is 1.65 bits per heavy atom. The molecule has 5 aromatic rings. The van der Waals surface area contributed by atoms with Gasteiger partial charge in [-0.05, 0) is 52.2 Å². The van der Waals surface area contributed by atoms with Gasteiger partial charge in [0.15, 0.2) is 11.0 Å². The van der Waals surface area contributed by atoms with Crippen molar-refractivity contribution in [3.05, 3.63) is 95.8 Å². The summed E-state index contributed by atoms with van der Waals surface area (Å²) in [5, 5.41) is 14.1. The summed E-state index contributed by atoms with van der Waals surface area (Å²) in [6, 6.07) is 27.0. The molecule has 8 nitrogen and oxygen atoms in total. The molecule has 0 saturated carbocycles. The predicted molar refractivity (Wildman–Crippen MR) is 146 cm³/mol. The van der Waals surface area contributed by atoms with Gasteiger partial charge in [0.05, 0.1) is 23.4 Å². The van der Waals surface area contributed by atoms with Crippen LogP contribution in [0.3, 0.4) is 0 Å². The Bertz CT molecular complexity index is 1410. The fourth-order valence-electron chi connectivity index (χ4n) is 4.92. The van der Waals surface area contributed by atoms with Crippen LogP contribution >= 0.6 is 11.3 Å². The molecule has 1 fully saturated rings. The number of rotatable bonds is 8. The normalized spacial score (nSPS) is 15.2. The van der Waals surface area contributed by atoms with Crippen LogP contribution in [0.4, 0.5) is 5.13 Å². The van der Waals surface area contributed by atoms with Crippen LogP contribution in [0.25, 0.3) is 10.2 Å². The maximum Gasteiger partial charge on any atom is 0.186 e. The third kappa shape index (κ3) is 5.05. The van der Waals surface area contributed by atoms with Crippen molar-refractivity contribution in [3.8, 4) is 5.75 Å². The number of aromatic nitrogens is 5. The maximum atomic E-state index is 5.41. The topological polar surface area (TPSA) is 72.2 Å². The first-order valence-electron chi connectivity index (χ1n) is 12.6. The van der Waals surface area contributed by atoms with E-state index in [0.29, 0.717) is 0 Å². The number of aryl methyl sites for hydroxylation is 2. The van der Waals surface area contributed by atoms with Gasteiger partial charge in [-0.2, -0.15) is 0 Å². The van der Waals surface area contributed by atoms with Crippen molar-refractivity contribution in [3.63, 3.8) is 0 Å². The Labute approximate surface area is 220 Å². The first kappa shape index (κ1) is 23.6. The van der Waals surface area contributed by atoms with Gasteiger partial charge in [-0.1, -0.05) is 65.9 Å². The molecular formula is C28H29N7OS. The molecule has 37 heavy (non-hydrogen) atoms. The summed E-state index contributed by atoms with van der Waals surface area (Å²) in [7, 11) is 1.69. The monoisotopic (exact) mass is 511 g/mol. The number of tetrazole rings is 1. The number of methoxy groups -OCH3 is 1. The number of para-hydroxylation sites is 1. The summed E-state index contributed by atoms with van der Waals surface area (Å²) in [4.78, 5) is 9.75. The molecule has 2 aromatic heterocycles. The summed E-state index contributed by atoms with van der Waals surface area (Å²) in [6.07, 6.45) is 0.875. The fraction of sp³-hybridized carbons (Fsp3) is 0.286. The van der Waals surface area contributed by atoms with Gasteiger partial charge in [0, 0.05) is 32.7 Å². The van der Waals surface area contributed by atoms with Crippen LogP contribution in [0.5, 0.6) is 5.75 Å². The van der Waals surface area contributed by atoms with Gasteiger partial charge in [-0.25, -0.2) is 9.67 Å². The number of benzene rings is 3. The molecule has 0 bridgehead atoms. The molecule has 1 saturated heterocycles. The minimum Gasteiger partial charge on any atom is -0.497 e. The summed E-state index contributed by atoms with van der Waals surface area (Å²) < 4.78 is 8.60. The molecule has 1 atom stereocenters. The van der Waals surface area contributed by atoms with E-state index in [-0.39, 0.29) is 6.04 Å². The molecule has 0 unspecified atom stereocenters. The molecule has 0 spiro atoms. The SMILES string of the molecule is COc1ccc([C@H](c2nnnn2CCc2ccccc2)N2CCN(c3nc4ccccc4s3)CC2)cc1. The number of anilines is 1. The van der Waals surface area contributed by atoms with Gasteiger partial charge < -0.3 is 9.64 Å². The van der Waals surface area contributed by atoms with Crippen LogP contribution in [0.1, 0.15) is 23.0 Å². The van der Waals surface area contributed by atoms with Crippen LogP contribution in [0, 0.1) is 0 Å².